The number of benzene rings is 1. The number of anilines is 1. The van der Waals surface area contributed by atoms with Crippen LogP contribution in [0.5, 0.6) is 0 Å². The lowest BCUT2D eigenvalue weighted by atomic mass is 10.2. The Balaban J connectivity index is 2.11. The Labute approximate surface area is 127 Å². The van der Waals surface area contributed by atoms with Crippen molar-refractivity contribution in [3.05, 3.63) is 38.8 Å². The largest absolute Gasteiger partial charge is 0.378 e. The summed E-state index contributed by atoms with van der Waals surface area (Å²) in [5, 5.41) is 7.67. The average molecular weight is 336 g/mol. The lowest BCUT2D eigenvalue weighted by molar-refractivity contribution is 0.686. The second-order valence-electron chi connectivity index (χ2n) is 3.88. The van der Waals surface area contributed by atoms with Gasteiger partial charge in [0.15, 0.2) is 0 Å². The van der Waals surface area contributed by atoms with Crippen LogP contribution in [0, 0.1) is 0 Å². The molecule has 1 aromatic carbocycles. The SMILES string of the molecule is CS(=O)Cc1ccc(Cl)c(NCc2nnsc2Cl)c1. The van der Waals surface area contributed by atoms with E-state index in [-0.39, 0.29) is 0 Å². The van der Waals surface area contributed by atoms with Crippen molar-refractivity contribution in [1.82, 2.24) is 9.59 Å². The van der Waals surface area contributed by atoms with E-state index in [2.05, 4.69) is 14.9 Å². The van der Waals surface area contributed by atoms with E-state index in [1.54, 1.807) is 12.3 Å². The minimum Gasteiger partial charge on any atom is -0.378 e. The van der Waals surface area contributed by atoms with Gasteiger partial charge in [-0.3, -0.25) is 4.21 Å². The second kappa shape index (κ2) is 6.65. The fourth-order valence-corrected chi connectivity index (χ4v) is 2.97. The first-order valence-electron chi connectivity index (χ1n) is 5.35. The van der Waals surface area contributed by atoms with Gasteiger partial charge in [-0.2, -0.15) is 0 Å². The third kappa shape index (κ3) is 4.14. The van der Waals surface area contributed by atoms with Crippen molar-refractivity contribution in [1.29, 1.82) is 0 Å². The van der Waals surface area contributed by atoms with Crippen molar-refractivity contribution in [3.8, 4) is 0 Å². The van der Waals surface area contributed by atoms with Crippen molar-refractivity contribution < 1.29 is 4.21 Å². The predicted molar refractivity (Wildman–Crippen MR) is 81.5 cm³/mol. The van der Waals surface area contributed by atoms with Crippen LogP contribution in [0.25, 0.3) is 0 Å². The Morgan fingerprint density at radius 2 is 2.21 bits per heavy atom. The summed E-state index contributed by atoms with van der Waals surface area (Å²) >= 11 is 13.2. The highest BCUT2D eigenvalue weighted by Gasteiger charge is 2.07. The van der Waals surface area contributed by atoms with Crippen molar-refractivity contribution in [2.45, 2.75) is 12.3 Å². The Bertz CT molecular complexity index is 603. The van der Waals surface area contributed by atoms with E-state index in [4.69, 9.17) is 23.2 Å². The third-order valence-electron chi connectivity index (χ3n) is 2.36. The van der Waals surface area contributed by atoms with Crippen LogP contribution >= 0.6 is 34.7 Å². The number of hydrogen-bond acceptors (Lipinski definition) is 5. The van der Waals surface area contributed by atoms with E-state index in [1.807, 2.05) is 12.1 Å². The normalized spacial score (nSPS) is 12.4. The zero-order valence-electron chi connectivity index (χ0n) is 10.0. The van der Waals surface area contributed by atoms with Crippen molar-refractivity contribution in [2.24, 2.45) is 0 Å². The summed E-state index contributed by atoms with van der Waals surface area (Å²) in [4.78, 5) is 0. The number of hydrogen-bond donors (Lipinski definition) is 1. The Hall–Kier alpha value is -0.690. The van der Waals surface area contributed by atoms with Crippen LogP contribution in [-0.2, 0) is 23.1 Å². The summed E-state index contributed by atoms with van der Waals surface area (Å²) in [7, 11) is -0.881. The molecule has 0 spiro atoms. The zero-order chi connectivity index (χ0) is 13.8. The molecule has 0 saturated heterocycles. The molecule has 2 rings (SSSR count). The lowest BCUT2D eigenvalue weighted by Crippen LogP contribution is -2.02. The molecule has 1 N–H and O–H groups in total. The molecule has 0 radical (unpaired) electrons. The summed E-state index contributed by atoms with van der Waals surface area (Å²) in [5.41, 5.74) is 2.43. The van der Waals surface area contributed by atoms with Crippen molar-refractivity contribution >= 4 is 51.2 Å². The predicted octanol–water partition coefficient (Wildman–Crippen LogP) is 3.34. The van der Waals surface area contributed by atoms with Gasteiger partial charge in [-0.1, -0.05) is 33.8 Å². The fraction of sp³-hybridized carbons (Fsp3) is 0.273. The average Bonchev–Trinajstić information content (AvgIpc) is 2.75. The highest BCUT2D eigenvalue weighted by atomic mass is 35.5. The van der Waals surface area contributed by atoms with E-state index in [9.17, 15) is 4.21 Å². The third-order valence-corrected chi connectivity index (χ3v) is 4.41. The van der Waals surface area contributed by atoms with Crippen LogP contribution in [0.15, 0.2) is 18.2 Å². The number of halogens is 2. The number of rotatable bonds is 5. The highest BCUT2D eigenvalue weighted by Crippen LogP contribution is 2.25. The summed E-state index contributed by atoms with van der Waals surface area (Å²) in [6, 6.07) is 5.54. The minimum absolute atomic E-state index is 0.452. The maximum Gasteiger partial charge on any atom is 0.139 e. The molecule has 0 aliphatic carbocycles. The van der Waals surface area contributed by atoms with E-state index in [0.717, 1.165) is 22.8 Å². The van der Waals surface area contributed by atoms with Gasteiger partial charge in [-0.15, -0.1) is 5.10 Å². The van der Waals surface area contributed by atoms with Gasteiger partial charge in [-0.25, -0.2) is 0 Å². The molecule has 1 atom stereocenters. The monoisotopic (exact) mass is 335 g/mol. The summed E-state index contributed by atoms with van der Waals surface area (Å²) in [6.07, 6.45) is 1.67. The molecule has 0 bridgehead atoms. The first kappa shape index (κ1) is 14.7. The second-order valence-corrected chi connectivity index (χ2v) is 7.08. The van der Waals surface area contributed by atoms with Gasteiger partial charge in [0.2, 0.25) is 0 Å². The molecule has 0 aliphatic rings. The van der Waals surface area contributed by atoms with Gasteiger partial charge in [-0.05, 0) is 17.7 Å². The molecule has 19 heavy (non-hydrogen) atoms. The molecule has 0 saturated carbocycles. The Kier molecular flexibility index (Phi) is 5.15. The smallest absolute Gasteiger partial charge is 0.139 e. The zero-order valence-corrected chi connectivity index (χ0v) is 13.2. The summed E-state index contributed by atoms with van der Waals surface area (Å²) < 4.78 is 15.5. The van der Waals surface area contributed by atoms with Gasteiger partial charge in [0.25, 0.3) is 0 Å². The first-order valence-corrected chi connectivity index (χ1v) is 8.61. The molecule has 2 aromatic rings. The lowest BCUT2D eigenvalue weighted by Gasteiger charge is -2.09. The molecule has 0 amide bonds. The number of aromatic nitrogens is 2. The molecule has 0 aliphatic heterocycles. The highest BCUT2D eigenvalue weighted by molar-refractivity contribution is 7.83. The van der Waals surface area contributed by atoms with Crippen LogP contribution in [0.1, 0.15) is 11.3 Å². The molecule has 8 heteroatoms. The molecular weight excluding hydrogens is 325 g/mol. The minimum atomic E-state index is -0.881. The quantitative estimate of drug-likeness (QED) is 0.910. The maximum absolute atomic E-state index is 11.2. The van der Waals surface area contributed by atoms with Gasteiger partial charge in [0.1, 0.15) is 10.0 Å². The molecule has 102 valence electrons. The topological polar surface area (TPSA) is 54.9 Å². The fourth-order valence-electron chi connectivity index (χ4n) is 1.51. The van der Waals surface area contributed by atoms with E-state index in [1.165, 1.54) is 0 Å². The van der Waals surface area contributed by atoms with Gasteiger partial charge < -0.3 is 5.32 Å². The van der Waals surface area contributed by atoms with E-state index < -0.39 is 10.8 Å². The molecule has 1 unspecified atom stereocenters. The van der Waals surface area contributed by atoms with Crippen LogP contribution in [0.3, 0.4) is 0 Å². The molecule has 4 nitrogen and oxygen atoms in total. The number of nitrogens with one attached hydrogen (secondary N) is 1. The Morgan fingerprint density at radius 3 is 2.84 bits per heavy atom. The maximum atomic E-state index is 11.2. The van der Waals surface area contributed by atoms with Gasteiger partial charge in [0.05, 0.1) is 17.3 Å². The van der Waals surface area contributed by atoms with Crippen LogP contribution in [0.4, 0.5) is 5.69 Å². The first-order chi connectivity index (χ1) is 9.06. The van der Waals surface area contributed by atoms with Gasteiger partial charge >= 0.3 is 0 Å². The van der Waals surface area contributed by atoms with Gasteiger partial charge in [0, 0.05) is 34.3 Å². The van der Waals surface area contributed by atoms with E-state index >= 15 is 0 Å². The standard InChI is InChI=1S/C11H11Cl2N3OS2/c1-19(17)6-7-2-3-8(12)9(4-7)14-5-10-11(13)18-16-15-10/h2-4,14H,5-6H2,1H3. The van der Waals surface area contributed by atoms with Crippen molar-refractivity contribution in [3.63, 3.8) is 0 Å². The number of nitrogens with zero attached hydrogens (tertiary/aromatic N) is 2. The Morgan fingerprint density at radius 1 is 1.42 bits per heavy atom. The summed E-state index contributed by atoms with van der Waals surface area (Å²) in [5.74, 6) is 0.505. The van der Waals surface area contributed by atoms with E-state index in [0.29, 0.717) is 27.4 Å². The van der Waals surface area contributed by atoms with Crippen LogP contribution in [-0.4, -0.2) is 20.1 Å². The molecular formula is C11H11Cl2N3OS2. The summed E-state index contributed by atoms with van der Waals surface area (Å²) in [6.45, 7) is 0.452. The molecule has 1 heterocycles. The van der Waals surface area contributed by atoms with Crippen molar-refractivity contribution in [2.75, 3.05) is 11.6 Å². The van der Waals surface area contributed by atoms with Crippen LogP contribution < -0.4 is 5.32 Å². The molecule has 0 fully saturated rings. The molecule has 1 aromatic heterocycles. The van der Waals surface area contributed by atoms with Crippen LogP contribution in [0.2, 0.25) is 9.36 Å².